The second-order valence-corrected chi connectivity index (χ2v) is 5.61. The van der Waals surface area contributed by atoms with E-state index in [4.69, 9.17) is 9.47 Å². The molecule has 0 atom stereocenters. The standard InChI is InChI=1S/C17H27NO2.ClH/c1-19-16-11-10-14(12-17(16)20-2)13-18-15-8-6-4-3-5-7-9-15;/h10-12,15,18H,3-9,13H2,1-2H3;1H. The van der Waals surface area contributed by atoms with Crippen molar-refractivity contribution in [3.63, 3.8) is 0 Å². The van der Waals surface area contributed by atoms with E-state index in [1.165, 1.54) is 50.5 Å². The van der Waals surface area contributed by atoms with Crippen LogP contribution in [-0.4, -0.2) is 20.3 Å². The van der Waals surface area contributed by atoms with Crippen molar-refractivity contribution >= 4 is 12.4 Å². The number of nitrogens with one attached hydrogen (secondary N) is 1. The van der Waals surface area contributed by atoms with Crippen molar-refractivity contribution in [2.75, 3.05) is 14.2 Å². The number of methoxy groups -OCH3 is 2. The lowest BCUT2D eigenvalue weighted by molar-refractivity contribution is 0.353. The highest BCUT2D eigenvalue weighted by Gasteiger charge is 2.11. The fourth-order valence-electron chi connectivity index (χ4n) is 2.91. The van der Waals surface area contributed by atoms with E-state index in [0.29, 0.717) is 6.04 Å². The van der Waals surface area contributed by atoms with E-state index in [-0.39, 0.29) is 12.4 Å². The Labute approximate surface area is 134 Å². The summed E-state index contributed by atoms with van der Waals surface area (Å²) in [6, 6.07) is 6.82. The Kier molecular flexibility index (Phi) is 8.55. The molecule has 0 bridgehead atoms. The normalized spacial score (nSPS) is 16.5. The smallest absolute Gasteiger partial charge is 0.161 e. The fraction of sp³-hybridized carbons (Fsp3) is 0.647. The van der Waals surface area contributed by atoms with Crippen LogP contribution in [0.2, 0.25) is 0 Å². The molecular formula is C17H28ClNO2. The Morgan fingerprint density at radius 3 is 2.19 bits per heavy atom. The maximum Gasteiger partial charge on any atom is 0.161 e. The molecule has 1 saturated carbocycles. The Hall–Kier alpha value is -0.930. The zero-order valence-corrected chi connectivity index (χ0v) is 14.0. The summed E-state index contributed by atoms with van der Waals surface area (Å²) in [5.74, 6) is 1.60. The van der Waals surface area contributed by atoms with Gasteiger partial charge in [-0.15, -0.1) is 12.4 Å². The molecule has 1 aliphatic rings. The number of ether oxygens (including phenoxy) is 2. The fourth-order valence-corrected chi connectivity index (χ4v) is 2.91. The van der Waals surface area contributed by atoms with Crippen molar-refractivity contribution in [1.82, 2.24) is 5.32 Å². The summed E-state index contributed by atoms with van der Waals surface area (Å²) in [6.45, 7) is 0.908. The minimum absolute atomic E-state index is 0. The first kappa shape index (κ1) is 18.1. The first-order valence-electron chi connectivity index (χ1n) is 7.78. The average molecular weight is 314 g/mol. The molecule has 1 aromatic carbocycles. The van der Waals surface area contributed by atoms with E-state index < -0.39 is 0 Å². The number of hydrogen-bond acceptors (Lipinski definition) is 3. The van der Waals surface area contributed by atoms with Crippen LogP contribution < -0.4 is 14.8 Å². The molecule has 120 valence electrons. The van der Waals surface area contributed by atoms with Gasteiger partial charge in [-0.05, 0) is 30.5 Å². The van der Waals surface area contributed by atoms with Gasteiger partial charge in [-0.2, -0.15) is 0 Å². The lowest BCUT2D eigenvalue weighted by Gasteiger charge is -2.21. The molecule has 0 aliphatic heterocycles. The molecular weight excluding hydrogens is 286 g/mol. The van der Waals surface area contributed by atoms with Gasteiger partial charge in [0.15, 0.2) is 11.5 Å². The quantitative estimate of drug-likeness (QED) is 0.877. The van der Waals surface area contributed by atoms with Gasteiger partial charge in [0.2, 0.25) is 0 Å². The van der Waals surface area contributed by atoms with Gasteiger partial charge in [-0.3, -0.25) is 0 Å². The third-order valence-electron chi connectivity index (χ3n) is 4.15. The van der Waals surface area contributed by atoms with Crippen LogP contribution in [0.3, 0.4) is 0 Å². The highest BCUT2D eigenvalue weighted by molar-refractivity contribution is 5.85. The number of rotatable bonds is 5. The van der Waals surface area contributed by atoms with Gasteiger partial charge in [-0.1, -0.05) is 38.2 Å². The van der Waals surface area contributed by atoms with Crippen molar-refractivity contribution in [2.24, 2.45) is 0 Å². The molecule has 0 saturated heterocycles. The molecule has 3 nitrogen and oxygen atoms in total. The Bertz CT molecular complexity index is 404. The van der Waals surface area contributed by atoms with E-state index in [2.05, 4.69) is 17.4 Å². The van der Waals surface area contributed by atoms with Crippen LogP contribution in [0.25, 0.3) is 0 Å². The third kappa shape index (κ3) is 5.76. The van der Waals surface area contributed by atoms with Crippen molar-refractivity contribution in [2.45, 2.75) is 57.5 Å². The van der Waals surface area contributed by atoms with Crippen LogP contribution in [0.1, 0.15) is 50.5 Å². The Morgan fingerprint density at radius 1 is 0.952 bits per heavy atom. The third-order valence-corrected chi connectivity index (χ3v) is 4.15. The average Bonchev–Trinajstić information content (AvgIpc) is 2.45. The first-order valence-corrected chi connectivity index (χ1v) is 7.78. The number of benzene rings is 1. The molecule has 1 fully saturated rings. The molecule has 1 aromatic rings. The van der Waals surface area contributed by atoms with E-state index in [1.807, 2.05) is 6.07 Å². The molecule has 4 heteroatoms. The molecule has 0 heterocycles. The van der Waals surface area contributed by atoms with Crippen LogP contribution in [0.15, 0.2) is 18.2 Å². The zero-order chi connectivity index (χ0) is 14.2. The maximum atomic E-state index is 5.35. The van der Waals surface area contributed by atoms with E-state index in [1.54, 1.807) is 14.2 Å². The summed E-state index contributed by atoms with van der Waals surface area (Å²) < 4.78 is 10.6. The van der Waals surface area contributed by atoms with Crippen LogP contribution in [-0.2, 0) is 6.54 Å². The first-order chi connectivity index (χ1) is 9.83. The summed E-state index contributed by atoms with van der Waals surface area (Å²) in [7, 11) is 3.36. The molecule has 0 aromatic heterocycles. The number of halogens is 1. The topological polar surface area (TPSA) is 30.5 Å². The number of hydrogen-bond donors (Lipinski definition) is 1. The van der Waals surface area contributed by atoms with Crippen molar-refractivity contribution < 1.29 is 9.47 Å². The summed E-state index contributed by atoms with van der Waals surface area (Å²) in [5.41, 5.74) is 1.25. The second kappa shape index (κ2) is 9.91. The van der Waals surface area contributed by atoms with Gasteiger partial charge in [0, 0.05) is 12.6 Å². The second-order valence-electron chi connectivity index (χ2n) is 5.61. The minimum Gasteiger partial charge on any atom is -0.493 e. The Balaban J connectivity index is 0.00000220. The molecule has 0 spiro atoms. The summed E-state index contributed by atoms with van der Waals surface area (Å²) >= 11 is 0. The molecule has 1 N–H and O–H groups in total. The minimum atomic E-state index is 0. The summed E-state index contributed by atoms with van der Waals surface area (Å²) in [5, 5.41) is 3.70. The summed E-state index contributed by atoms with van der Waals surface area (Å²) in [6.07, 6.45) is 9.57. The summed E-state index contributed by atoms with van der Waals surface area (Å²) in [4.78, 5) is 0. The molecule has 0 unspecified atom stereocenters. The molecule has 0 amide bonds. The van der Waals surface area contributed by atoms with Crippen LogP contribution in [0, 0.1) is 0 Å². The molecule has 0 radical (unpaired) electrons. The SMILES string of the molecule is COc1ccc(CNC2CCCCCCC2)cc1OC.Cl. The lowest BCUT2D eigenvalue weighted by atomic mass is 9.96. The van der Waals surface area contributed by atoms with Crippen molar-refractivity contribution in [3.05, 3.63) is 23.8 Å². The van der Waals surface area contributed by atoms with Gasteiger partial charge in [0.05, 0.1) is 14.2 Å². The maximum absolute atomic E-state index is 5.35. The van der Waals surface area contributed by atoms with Crippen LogP contribution >= 0.6 is 12.4 Å². The van der Waals surface area contributed by atoms with Gasteiger partial charge >= 0.3 is 0 Å². The predicted molar refractivity (Wildman–Crippen MR) is 89.7 cm³/mol. The highest BCUT2D eigenvalue weighted by Crippen LogP contribution is 2.27. The van der Waals surface area contributed by atoms with Crippen molar-refractivity contribution in [3.8, 4) is 11.5 Å². The van der Waals surface area contributed by atoms with E-state index >= 15 is 0 Å². The Morgan fingerprint density at radius 2 is 1.57 bits per heavy atom. The molecule has 2 rings (SSSR count). The van der Waals surface area contributed by atoms with Gasteiger partial charge in [0.1, 0.15) is 0 Å². The lowest BCUT2D eigenvalue weighted by Crippen LogP contribution is -2.29. The highest BCUT2D eigenvalue weighted by atomic mass is 35.5. The predicted octanol–water partition coefficient (Wildman–Crippen LogP) is 4.33. The monoisotopic (exact) mass is 313 g/mol. The largest absolute Gasteiger partial charge is 0.493 e. The van der Waals surface area contributed by atoms with Crippen LogP contribution in [0.5, 0.6) is 11.5 Å². The van der Waals surface area contributed by atoms with Gasteiger partial charge < -0.3 is 14.8 Å². The van der Waals surface area contributed by atoms with Crippen LogP contribution in [0.4, 0.5) is 0 Å². The van der Waals surface area contributed by atoms with E-state index in [9.17, 15) is 0 Å². The zero-order valence-electron chi connectivity index (χ0n) is 13.2. The van der Waals surface area contributed by atoms with Crippen molar-refractivity contribution in [1.29, 1.82) is 0 Å². The van der Waals surface area contributed by atoms with Gasteiger partial charge in [0.25, 0.3) is 0 Å². The van der Waals surface area contributed by atoms with Gasteiger partial charge in [-0.25, -0.2) is 0 Å². The van der Waals surface area contributed by atoms with E-state index in [0.717, 1.165) is 18.0 Å². The molecule has 1 aliphatic carbocycles. The molecule has 21 heavy (non-hydrogen) atoms.